The average Bonchev–Trinajstić information content (AvgIpc) is 2.87. The fourth-order valence-corrected chi connectivity index (χ4v) is 3.70. The number of amides is 1. The molecule has 0 saturated heterocycles. The predicted octanol–water partition coefficient (Wildman–Crippen LogP) is 5.44. The highest BCUT2D eigenvalue weighted by Gasteiger charge is 2.24. The van der Waals surface area contributed by atoms with E-state index in [0.29, 0.717) is 17.9 Å². The smallest absolute Gasteiger partial charge is 0.349 e. The highest BCUT2D eigenvalue weighted by Crippen LogP contribution is 2.36. The van der Waals surface area contributed by atoms with Crippen LogP contribution in [-0.4, -0.2) is 18.5 Å². The average molecular weight is 440 g/mol. The van der Waals surface area contributed by atoms with Gasteiger partial charge in [-0.2, -0.15) is 0 Å². The molecule has 0 aliphatic carbocycles. The minimum Gasteiger partial charge on any atom is -0.482 e. The van der Waals surface area contributed by atoms with Gasteiger partial charge in [-0.05, 0) is 34.5 Å². The molecule has 1 amide bonds. The first kappa shape index (κ1) is 22.1. The van der Waals surface area contributed by atoms with Gasteiger partial charge in [-0.1, -0.05) is 85.8 Å². The molecule has 0 fully saturated rings. The van der Waals surface area contributed by atoms with Crippen LogP contribution in [0.4, 0.5) is 0 Å². The topological polar surface area (TPSA) is 64.6 Å². The maximum Gasteiger partial charge on any atom is 0.349 e. The van der Waals surface area contributed by atoms with E-state index in [-0.39, 0.29) is 12.5 Å². The second-order valence-electron chi connectivity index (χ2n) is 7.54. The van der Waals surface area contributed by atoms with Gasteiger partial charge in [0.15, 0.2) is 6.61 Å². The first-order valence-electron chi connectivity index (χ1n) is 10.9. The van der Waals surface area contributed by atoms with Crippen LogP contribution < -0.4 is 14.8 Å². The monoisotopic (exact) mass is 439 g/mol. The van der Waals surface area contributed by atoms with E-state index in [1.165, 1.54) is 0 Å². The first-order valence-corrected chi connectivity index (χ1v) is 10.9. The molecule has 4 aromatic rings. The Kier molecular flexibility index (Phi) is 7.00. The summed E-state index contributed by atoms with van der Waals surface area (Å²) >= 11 is 0. The Morgan fingerprint density at radius 3 is 2.21 bits per heavy atom. The van der Waals surface area contributed by atoms with Crippen molar-refractivity contribution in [3.05, 3.63) is 108 Å². The highest BCUT2D eigenvalue weighted by atomic mass is 16.6. The number of hydrogen-bond donors (Lipinski definition) is 1. The minimum absolute atomic E-state index is 0.0959. The number of fused-ring (bicyclic) bond motifs is 1. The first-order chi connectivity index (χ1) is 16.2. The van der Waals surface area contributed by atoms with Crippen LogP contribution in [0.25, 0.3) is 10.8 Å². The summed E-state index contributed by atoms with van der Waals surface area (Å²) in [6.45, 7) is 1.58. The second-order valence-corrected chi connectivity index (χ2v) is 7.54. The summed E-state index contributed by atoms with van der Waals surface area (Å²) in [5.74, 6) is 0.358. The molecule has 0 saturated carbocycles. The summed E-state index contributed by atoms with van der Waals surface area (Å²) in [5, 5.41) is 4.99. The number of rotatable bonds is 8. The van der Waals surface area contributed by atoms with Crippen molar-refractivity contribution in [1.82, 2.24) is 5.32 Å². The lowest BCUT2D eigenvalue weighted by molar-refractivity contribution is -0.136. The molecular formula is C28H25NO4. The van der Waals surface area contributed by atoms with E-state index >= 15 is 0 Å². The molecule has 4 aromatic carbocycles. The molecule has 0 aliphatic heterocycles. The summed E-state index contributed by atoms with van der Waals surface area (Å²) < 4.78 is 11.3. The van der Waals surface area contributed by atoms with Crippen molar-refractivity contribution in [2.45, 2.75) is 19.4 Å². The van der Waals surface area contributed by atoms with Gasteiger partial charge in [-0.3, -0.25) is 4.79 Å². The highest BCUT2D eigenvalue weighted by molar-refractivity contribution is 5.90. The van der Waals surface area contributed by atoms with Gasteiger partial charge in [0, 0.05) is 12.0 Å². The summed E-state index contributed by atoms with van der Waals surface area (Å²) in [7, 11) is 0. The van der Waals surface area contributed by atoms with Gasteiger partial charge >= 0.3 is 5.97 Å². The van der Waals surface area contributed by atoms with E-state index in [1.807, 2.05) is 85.8 Å². The van der Waals surface area contributed by atoms with Crippen molar-refractivity contribution in [3.8, 4) is 11.5 Å². The Balaban J connectivity index is 1.72. The van der Waals surface area contributed by atoms with Crippen LogP contribution in [-0.2, 0) is 9.59 Å². The molecule has 1 atom stereocenters. The molecule has 0 radical (unpaired) electrons. The normalized spacial score (nSPS) is 11.5. The van der Waals surface area contributed by atoms with Crippen LogP contribution in [0, 0.1) is 0 Å². The van der Waals surface area contributed by atoms with Gasteiger partial charge < -0.3 is 14.8 Å². The van der Waals surface area contributed by atoms with E-state index in [9.17, 15) is 9.59 Å². The lowest BCUT2D eigenvalue weighted by Gasteiger charge is -2.24. The van der Waals surface area contributed by atoms with E-state index in [1.54, 1.807) is 18.2 Å². The molecule has 0 spiro atoms. The van der Waals surface area contributed by atoms with Crippen molar-refractivity contribution in [3.63, 3.8) is 0 Å². The fourth-order valence-electron chi connectivity index (χ4n) is 3.70. The Hall–Kier alpha value is -4.12. The lowest BCUT2D eigenvalue weighted by atomic mass is 9.92. The maximum atomic E-state index is 12.7. The zero-order valence-electron chi connectivity index (χ0n) is 18.4. The zero-order valence-corrected chi connectivity index (χ0v) is 18.4. The van der Waals surface area contributed by atoms with Crippen LogP contribution >= 0.6 is 0 Å². The van der Waals surface area contributed by atoms with Gasteiger partial charge in [-0.25, -0.2) is 4.79 Å². The van der Waals surface area contributed by atoms with Crippen LogP contribution in [0.1, 0.15) is 30.5 Å². The molecule has 4 rings (SSSR count). The maximum absolute atomic E-state index is 12.7. The Bertz CT molecular complexity index is 1240. The number of esters is 1. The van der Waals surface area contributed by atoms with Crippen LogP contribution in [0.3, 0.4) is 0 Å². The SMILES string of the molecule is CCC(=O)N[C@@H](c1ccccc1)c1c(OC(=O)COc2ccccc2)ccc2ccccc12. The quantitative estimate of drug-likeness (QED) is 0.293. The van der Waals surface area contributed by atoms with E-state index in [0.717, 1.165) is 21.9 Å². The van der Waals surface area contributed by atoms with Crippen LogP contribution in [0.2, 0.25) is 0 Å². The van der Waals surface area contributed by atoms with Crippen molar-refractivity contribution in [2.24, 2.45) is 0 Å². The van der Waals surface area contributed by atoms with Gasteiger partial charge in [0.1, 0.15) is 11.5 Å². The van der Waals surface area contributed by atoms with E-state index in [4.69, 9.17) is 9.47 Å². The van der Waals surface area contributed by atoms with E-state index in [2.05, 4.69) is 5.32 Å². The summed E-state index contributed by atoms with van der Waals surface area (Å²) in [6.07, 6.45) is 0.341. The van der Waals surface area contributed by atoms with Crippen LogP contribution in [0.5, 0.6) is 11.5 Å². The number of carbonyl (C=O) groups is 2. The van der Waals surface area contributed by atoms with Crippen molar-refractivity contribution in [2.75, 3.05) is 6.61 Å². The van der Waals surface area contributed by atoms with Crippen molar-refractivity contribution in [1.29, 1.82) is 0 Å². The molecule has 0 aliphatic rings. The molecule has 0 unspecified atom stereocenters. The third kappa shape index (κ3) is 5.39. The molecular weight excluding hydrogens is 414 g/mol. The number of ether oxygens (including phenoxy) is 2. The van der Waals surface area contributed by atoms with Gasteiger partial charge in [0.2, 0.25) is 5.91 Å². The molecule has 0 bridgehead atoms. The molecule has 0 heterocycles. The molecule has 1 N–H and O–H groups in total. The van der Waals surface area contributed by atoms with Crippen LogP contribution in [0.15, 0.2) is 97.1 Å². The Morgan fingerprint density at radius 2 is 1.48 bits per heavy atom. The third-order valence-electron chi connectivity index (χ3n) is 5.30. The van der Waals surface area contributed by atoms with Crippen molar-refractivity contribution >= 4 is 22.6 Å². The molecule has 5 heteroatoms. The minimum atomic E-state index is -0.524. The van der Waals surface area contributed by atoms with Gasteiger partial charge in [0.25, 0.3) is 0 Å². The molecule has 5 nitrogen and oxygen atoms in total. The molecule has 0 aromatic heterocycles. The molecule has 166 valence electrons. The molecule has 33 heavy (non-hydrogen) atoms. The Labute approximate surface area is 193 Å². The van der Waals surface area contributed by atoms with Gasteiger partial charge in [0.05, 0.1) is 6.04 Å². The lowest BCUT2D eigenvalue weighted by Crippen LogP contribution is -2.29. The van der Waals surface area contributed by atoms with Gasteiger partial charge in [-0.15, -0.1) is 0 Å². The second kappa shape index (κ2) is 10.5. The van der Waals surface area contributed by atoms with E-state index < -0.39 is 12.0 Å². The largest absolute Gasteiger partial charge is 0.482 e. The summed E-state index contributed by atoms with van der Waals surface area (Å²) in [6, 6.07) is 29.8. The zero-order chi connectivity index (χ0) is 23.0. The number of para-hydroxylation sites is 1. The summed E-state index contributed by atoms with van der Waals surface area (Å²) in [4.78, 5) is 25.1. The predicted molar refractivity (Wildman–Crippen MR) is 128 cm³/mol. The third-order valence-corrected chi connectivity index (χ3v) is 5.30. The number of nitrogens with one attached hydrogen (secondary N) is 1. The standard InChI is InChI=1S/C28H25NO4/c1-2-25(30)29-28(21-12-5-3-6-13-21)27-23-16-10-9-11-20(23)17-18-24(27)33-26(31)19-32-22-14-7-4-8-15-22/h3-18,28H,2,19H2,1H3,(H,29,30)/t28-/m0/s1. The number of carbonyl (C=O) groups excluding carboxylic acids is 2. The summed E-state index contributed by atoms with van der Waals surface area (Å²) in [5.41, 5.74) is 1.63. The number of hydrogen-bond acceptors (Lipinski definition) is 4. The van der Waals surface area contributed by atoms with Crippen molar-refractivity contribution < 1.29 is 19.1 Å². The Morgan fingerprint density at radius 1 is 0.818 bits per heavy atom. The fraction of sp³-hybridized carbons (Fsp3) is 0.143. The number of benzene rings is 4.